The first-order valence-corrected chi connectivity index (χ1v) is 7.74. The Labute approximate surface area is 103 Å². The normalized spacial score (nSPS) is 35.4. The van der Waals surface area contributed by atoms with E-state index in [1.807, 2.05) is 24.3 Å². The number of hydrogen-bond donors (Lipinski definition) is 1. The quantitative estimate of drug-likeness (QED) is 0.844. The molecule has 0 amide bonds. The molecule has 2 aliphatic rings. The Morgan fingerprint density at radius 3 is 2.62 bits per heavy atom. The molecule has 0 aliphatic carbocycles. The lowest BCUT2D eigenvalue weighted by molar-refractivity contribution is 0.444. The molecule has 0 unspecified atom stereocenters. The van der Waals surface area contributed by atoms with Crippen LogP contribution in [0.5, 0.6) is 0 Å². The first-order chi connectivity index (χ1) is 7.55. The summed E-state index contributed by atoms with van der Waals surface area (Å²) in [6.45, 7) is 1.37. The van der Waals surface area contributed by atoms with Gasteiger partial charge in [0.15, 0.2) is 9.84 Å². The van der Waals surface area contributed by atoms with Gasteiger partial charge in [0.1, 0.15) is 0 Å². The molecule has 3 nitrogen and oxygen atoms in total. The zero-order valence-corrected chi connectivity index (χ0v) is 11.0. The van der Waals surface area contributed by atoms with Crippen molar-refractivity contribution in [3.05, 3.63) is 34.3 Å². The van der Waals surface area contributed by atoms with E-state index in [2.05, 4.69) is 21.2 Å². The SMILES string of the molecule is O=S1(=O)C[C@]2(c3ccc(Br)cc3)CNC[C@@H]21. The molecule has 1 N–H and O–H groups in total. The number of halogens is 1. The van der Waals surface area contributed by atoms with E-state index in [0.29, 0.717) is 12.3 Å². The maximum Gasteiger partial charge on any atom is 0.156 e. The Morgan fingerprint density at radius 1 is 1.31 bits per heavy atom. The van der Waals surface area contributed by atoms with Crippen molar-refractivity contribution < 1.29 is 8.42 Å². The van der Waals surface area contributed by atoms with Crippen molar-refractivity contribution in [3.63, 3.8) is 0 Å². The molecule has 0 aromatic heterocycles. The van der Waals surface area contributed by atoms with E-state index in [0.717, 1.165) is 16.6 Å². The molecule has 1 aromatic carbocycles. The van der Waals surface area contributed by atoms with Gasteiger partial charge in [-0.1, -0.05) is 28.1 Å². The van der Waals surface area contributed by atoms with Crippen molar-refractivity contribution >= 4 is 25.8 Å². The van der Waals surface area contributed by atoms with Crippen LogP contribution < -0.4 is 5.32 Å². The lowest BCUT2D eigenvalue weighted by atomic mass is 9.80. The van der Waals surface area contributed by atoms with Crippen LogP contribution in [0.1, 0.15) is 5.56 Å². The number of fused-ring (bicyclic) bond motifs is 1. The van der Waals surface area contributed by atoms with Crippen LogP contribution in [0.3, 0.4) is 0 Å². The molecule has 16 heavy (non-hydrogen) atoms. The highest BCUT2D eigenvalue weighted by Gasteiger charge is 2.61. The van der Waals surface area contributed by atoms with Crippen molar-refractivity contribution in [2.45, 2.75) is 10.7 Å². The second kappa shape index (κ2) is 3.31. The average molecular weight is 302 g/mol. The van der Waals surface area contributed by atoms with Crippen molar-refractivity contribution in [2.75, 3.05) is 18.8 Å². The Kier molecular flexibility index (Phi) is 2.22. The highest BCUT2D eigenvalue weighted by atomic mass is 79.9. The van der Waals surface area contributed by atoms with Crippen LogP contribution in [-0.2, 0) is 15.3 Å². The molecule has 0 radical (unpaired) electrons. The Balaban J connectivity index is 2.04. The highest BCUT2D eigenvalue weighted by Crippen LogP contribution is 2.45. The third-order valence-corrected chi connectivity index (χ3v) is 6.63. The summed E-state index contributed by atoms with van der Waals surface area (Å²) in [5.74, 6) is 0.291. The zero-order chi connectivity index (χ0) is 11.4. The molecular weight excluding hydrogens is 290 g/mol. The summed E-state index contributed by atoms with van der Waals surface area (Å²) in [5, 5.41) is 2.98. The van der Waals surface area contributed by atoms with Crippen LogP contribution in [0.4, 0.5) is 0 Å². The van der Waals surface area contributed by atoms with Gasteiger partial charge in [-0.3, -0.25) is 0 Å². The second-order valence-electron chi connectivity index (χ2n) is 4.59. The molecule has 2 heterocycles. The lowest BCUT2D eigenvalue weighted by Gasteiger charge is -2.43. The highest BCUT2D eigenvalue weighted by molar-refractivity contribution is 9.10. The predicted molar refractivity (Wildman–Crippen MR) is 66.3 cm³/mol. The lowest BCUT2D eigenvalue weighted by Crippen LogP contribution is -2.59. The van der Waals surface area contributed by atoms with Crippen molar-refractivity contribution in [2.24, 2.45) is 0 Å². The molecule has 2 atom stereocenters. The largest absolute Gasteiger partial charge is 0.314 e. The number of benzene rings is 1. The minimum atomic E-state index is -2.85. The van der Waals surface area contributed by atoms with Crippen LogP contribution in [0, 0.1) is 0 Å². The second-order valence-corrected chi connectivity index (χ2v) is 7.69. The predicted octanol–water partition coefficient (Wildman–Crippen LogP) is 1.09. The van der Waals surface area contributed by atoms with Crippen LogP contribution in [-0.4, -0.2) is 32.5 Å². The summed E-state index contributed by atoms with van der Waals surface area (Å²) in [5.41, 5.74) is 0.972. The van der Waals surface area contributed by atoms with E-state index in [-0.39, 0.29) is 10.7 Å². The molecule has 5 heteroatoms. The maximum absolute atomic E-state index is 11.7. The van der Waals surface area contributed by atoms with Gasteiger partial charge in [0.05, 0.1) is 11.0 Å². The zero-order valence-electron chi connectivity index (χ0n) is 8.61. The van der Waals surface area contributed by atoms with Gasteiger partial charge >= 0.3 is 0 Å². The summed E-state index contributed by atoms with van der Waals surface area (Å²) in [7, 11) is -2.85. The van der Waals surface area contributed by atoms with Crippen LogP contribution >= 0.6 is 15.9 Å². The fourth-order valence-corrected chi connectivity index (χ4v) is 5.58. The minimum Gasteiger partial charge on any atom is -0.314 e. The maximum atomic E-state index is 11.7. The summed E-state index contributed by atoms with van der Waals surface area (Å²) in [6, 6.07) is 8.01. The molecule has 1 aromatic rings. The average Bonchev–Trinajstić information content (AvgIpc) is 2.59. The summed E-state index contributed by atoms with van der Waals surface area (Å²) < 4.78 is 24.4. The molecule has 0 spiro atoms. The van der Waals surface area contributed by atoms with Crippen LogP contribution in [0.2, 0.25) is 0 Å². The smallest absolute Gasteiger partial charge is 0.156 e. The van der Waals surface area contributed by atoms with Gasteiger partial charge in [-0.15, -0.1) is 0 Å². The Hall–Kier alpha value is -0.390. The Morgan fingerprint density at radius 2 is 2.00 bits per heavy atom. The van der Waals surface area contributed by atoms with Gasteiger partial charge in [0.25, 0.3) is 0 Å². The van der Waals surface area contributed by atoms with E-state index in [9.17, 15) is 8.42 Å². The standard InChI is InChI=1S/C11H12BrNO2S/c12-9-3-1-8(2-4-9)11-6-13-5-10(11)16(14,15)7-11/h1-4,10,13H,5-7H2/t10-,11-/m0/s1. The van der Waals surface area contributed by atoms with E-state index in [4.69, 9.17) is 0 Å². The summed E-state index contributed by atoms with van der Waals surface area (Å²) in [4.78, 5) is 0. The monoisotopic (exact) mass is 301 g/mol. The fraction of sp³-hybridized carbons (Fsp3) is 0.455. The number of sulfone groups is 1. The van der Waals surface area contributed by atoms with Crippen molar-refractivity contribution in [3.8, 4) is 0 Å². The molecule has 3 rings (SSSR count). The Bertz CT molecular complexity index is 525. The van der Waals surface area contributed by atoms with E-state index in [1.165, 1.54) is 0 Å². The van der Waals surface area contributed by atoms with Gasteiger partial charge < -0.3 is 5.32 Å². The summed E-state index contributed by atoms with van der Waals surface area (Å²) >= 11 is 3.39. The van der Waals surface area contributed by atoms with Crippen molar-refractivity contribution in [1.29, 1.82) is 0 Å². The third-order valence-electron chi connectivity index (χ3n) is 3.70. The van der Waals surface area contributed by atoms with Crippen LogP contribution in [0.15, 0.2) is 28.7 Å². The van der Waals surface area contributed by atoms with Gasteiger partial charge in [-0.05, 0) is 17.7 Å². The van der Waals surface area contributed by atoms with Gasteiger partial charge in [-0.25, -0.2) is 8.42 Å². The molecule has 0 bridgehead atoms. The molecule has 0 saturated carbocycles. The van der Waals surface area contributed by atoms with Crippen molar-refractivity contribution in [1.82, 2.24) is 5.32 Å². The van der Waals surface area contributed by atoms with E-state index < -0.39 is 9.84 Å². The summed E-state index contributed by atoms with van der Waals surface area (Å²) in [6.07, 6.45) is 0. The van der Waals surface area contributed by atoms with Gasteiger partial charge in [0.2, 0.25) is 0 Å². The molecule has 2 saturated heterocycles. The van der Waals surface area contributed by atoms with E-state index >= 15 is 0 Å². The molecular formula is C11H12BrNO2S. The number of rotatable bonds is 1. The molecule has 2 aliphatic heterocycles. The topological polar surface area (TPSA) is 46.2 Å². The van der Waals surface area contributed by atoms with Crippen LogP contribution in [0.25, 0.3) is 0 Å². The fourth-order valence-electron chi connectivity index (χ4n) is 2.86. The molecule has 2 fully saturated rings. The first-order valence-electron chi connectivity index (χ1n) is 5.23. The third kappa shape index (κ3) is 1.31. The number of nitrogens with one attached hydrogen (secondary N) is 1. The van der Waals surface area contributed by atoms with Gasteiger partial charge in [0, 0.05) is 23.0 Å². The first kappa shape index (κ1) is 10.7. The number of hydrogen-bond acceptors (Lipinski definition) is 3. The van der Waals surface area contributed by atoms with E-state index in [1.54, 1.807) is 0 Å². The van der Waals surface area contributed by atoms with Gasteiger partial charge in [-0.2, -0.15) is 0 Å². The minimum absolute atomic E-state index is 0.167. The molecule has 86 valence electrons.